The molecule has 2 aromatic heterocycles. The molecular formula is C19H26N4O3S. The zero-order valence-corrected chi connectivity index (χ0v) is 16.8. The lowest BCUT2D eigenvalue weighted by Crippen LogP contribution is -2.42. The lowest BCUT2D eigenvalue weighted by atomic mass is 9.95. The number of fused-ring (bicyclic) bond motifs is 1. The van der Waals surface area contributed by atoms with E-state index in [-0.39, 0.29) is 24.2 Å². The molecule has 1 unspecified atom stereocenters. The molecule has 0 aromatic carbocycles. The molecule has 3 heterocycles. The van der Waals surface area contributed by atoms with E-state index in [0.29, 0.717) is 6.54 Å². The molecule has 146 valence electrons. The van der Waals surface area contributed by atoms with Gasteiger partial charge in [-0.1, -0.05) is 6.92 Å². The van der Waals surface area contributed by atoms with Gasteiger partial charge in [0.1, 0.15) is 17.0 Å². The maximum Gasteiger partial charge on any atom is 0.303 e. The first-order chi connectivity index (χ1) is 12.9. The maximum atomic E-state index is 12.4. The standard InChI is InChI=1S/C19H26N4O3S/c1-11(8-15(24)25)9-20-18(26)14-4-6-23(7-5-14)17-16-12(2)13(3)27-19(16)22-10-21-17/h10-11,14H,4-9H2,1-3H3,(H,20,26)(H,24,25). The van der Waals surface area contributed by atoms with Crippen molar-refractivity contribution in [2.75, 3.05) is 24.5 Å². The van der Waals surface area contributed by atoms with Crippen LogP contribution in [0.25, 0.3) is 10.2 Å². The van der Waals surface area contributed by atoms with Crippen molar-refractivity contribution in [3.63, 3.8) is 0 Å². The smallest absolute Gasteiger partial charge is 0.303 e. The monoisotopic (exact) mass is 390 g/mol. The summed E-state index contributed by atoms with van der Waals surface area (Å²) >= 11 is 1.69. The normalized spacial score (nSPS) is 16.5. The highest BCUT2D eigenvalue weighted by atomic mass is 32.1. The van der Waals surface area contributed by atoms with E-state index in [0.717, 1.165) is 42.0 Å². The van der Waals surface area contributed by atoms with Crippen molar-refractivity contribution < 1.29 is 14.7 Å². The molecule has 3 rings (SSSR count). The van der Waals surface area contributed by atoms with Crippen molar-refractivity contribution in [2.45, 2.75) is 40.0 Å². The molecule has 2 aromatic rings. The second-order valence-corrected chi connectivity index (χ2v) is 8.57. The first kappa shape index (κ1) is 19.5. The molecule has 27 heavy (non-hydrogen) atoms. The Balaban J connectivity index is 1.59. The van der Waals surface area contributed by atoms with Crippen LogP contribution in [0, 0.1) is 25.7 Å². The average Bonchev–Trinajstić information content (AvgIpc) is 2.93. The number of carbonyl (C=O) groups excluding carboxylic acids is 1. The average molecular weight is 391 g/mol. The third-order valence-electron chi connectivity index (χ3n) is 5.26. The quantitative estimate of drug-likeness (QED) is 0.787. The fourth-order valence-corrected chi connectivity index (χ4v) is 4.54. The maximum absolute atomic E-state index is 12.4. The van der Waals surface area contributed by atoms with E-state index in [1.54, 1.807) is 17.7 Å². The molecule has 1 fully saturated rings. The van der Waals surface area contributed by atoms with Crippen LogP contribution in [0.15, 0.2) is 6.33 Å². The van der Waals surface area contributed by atoms with Gasteiger partial charge in [-0.2, -0.15) is 0 Å². The lowest BCUT2D eigenvalue weighted by molar-refractivity contribution is -0.138. The molecule has 0 spiro atoms. The molecule has 0 aliphatic carbocycles. The largest absolute Gasteiger partial charge is 0.481 e. The number of piperidine rings is 1. The summed E-state index contributed by atoms with van der Waals surface area (Å²) in [5.74, 6) is 0.0739. The van der Waals surface area contributed by atoms with E-state index in [2.05, 4.69) is 34.0 Å². The van der Waals surface area contributed by atoms with Crippen molar-refractivity contribution in [3.05, 3.63) is 16.8 Å². The molecule has 0 radical (unpaired) electrons. The minimum Gasteiger partial charge on any atom is -0.481 e. The number of hydrogen-bond donors (Lipinski definition) is 2. The number of carboxylic acids is 1. The third-order valence-corrected chi connectivity index (χ3v) is 6.37. The Bertz CT molecular complexity index is 843. The van der Waals surface area contributed by atoms with Crippen molar-refractivity contribution >= 4 is 39.2 Å². The highest BCUT2D eigenvalue weighted by molar-refractivity contribution is 7.18. The molecule has 1 amide bonds. The van der Waals surface area contributed by atoms with Crippen LogP contribution < -0.4 is 10.2 Å². The van der Waals surface area contributed by atoms with Crippen LogP contribution in [0.4, 0.5) is 5.82 Å². The predicted octanol–water partition coefficient (Wildman–Crippen LogP) is 2.75. The molecule has 1 saturated heterocycles. The van der Waals surface area contributed by atoms with Crippen LogP contribution in [0.1, 0.15) is 36.6 Å². The van der Waals surface area contributed by atoms with Gasteiger partial charge in [-0.25, -0.2) is 9.97 Å². The van der Waals surface area contributed by atoms with Crippen molar-refractivity contribution in [1.82, 2.24) is 15.3 Å². The van der Waals surface area contributed by atoms with Gasteiger partial charge in [-0.3, -0.25) is 9.59 Å². The van der Waals surface area contributed by atoms with Gasteiger partial charge in [0.2, 0.25) is 5.91 Å². The van der Waals surface area contributed by atoms with Gasteiger partial charge in [0.25, 0.3) is 0 Å². The minimum atomic E-state index is -0.833. The molecule has 1 aliphatic heterocycles. The van der Waals surface area contributed by atoms with Crippen LogP contribution in [0.2, 0.25) is 0 Å². The Kier molecular flexibility index (Phi) is 5.94. The van der Waals surface area contributed by atoms with E-state index < -0.39 is 5.97 Å². The van der Waals surface area contributed by atoms with Gasteiger partial charge in [-0.05, 0) is 38.2 Å². The number of aliphatic carboxylic acids is 1. The summed E-state index contributed by atoms with van der Waals surface area (Å²) in [5, 5.41) is 12.8. The number of amides is 1. The Morgan fingerprint density at radius 1 is 1.33 bits per heavy atom. The number of aromatic nitrogens is 2. The van der Waals surface area contributed by atoms with Gasteiger partial charge < -0.3 is 15.3 Å². The molecular weight excluding hydrogens is 364 g/mol. The number of nitrogens with zero attached hydrogens (tertiary/aromatic N) is 3. The summed E-state index contributed by atoms with van der Waals surface area (Å²) in [6.45, 7) is 8.02. The number of hydrogen-bond acceptors (Lipinski definition) is 6. The van der Waals surface area contributed by atoms with Crippen LogP contribution in [0.3, 0.4) is 0 Å². The highest BCUT2D eigenvalue weighted by Gasteiger charge is 2.27. The van der Waals surface area contributed by atoms with E-state index in [4.69, 9.17) is 5.11 Å². The minimum absolute atomic E-state index is 0.0269. The molecule has 0 bridgehead atoms. The molecule has 2 N–H and O–H groups in total. The molecule has 7 nitrogen and oxygen atoms in total. The van der Waals surface area contributed by atoms with E-state index in [1.807, 2.05) is 6.92 Å². The predicted molar refractivity (Wildman–Crippen MR) is 106 cm³/mol. The zero-order chi connectivity index (χ0) is 19.6. The van der Waals surface area contributed by atoms with Gasteiger partial charge in [0.05, 0.1) is 5.39 Å². The van der Waals surface area contributed by atoms with Crippen molar-refractivity contribution in [2.24, 2.45) is 11.8 Å². The molecule has 1 atom stereocenters. The van der Waals surface area contributed by atoms with Crippen molar-refractivity contribution in [3.8, 4) is 0 Å². The Morgan fingerprint density at radius 2 is 2.04 bits per heavy atom. The number of nitrogens with one attached hydrogen (secondary N) is 1. The summed E-state index contributed by atoms with van der Waals surface area (Å²) < 4.78 is 0. The Labute approximate surface area is 162 Å². The Hall–Kier alpha value is -2.22. The van der Waals surface area contributed by atoms with Gasteiger partial charge in [0.15, 0.2) is 0 Å². The number of anilines is 1. The van der Waals surface area contributed by atoms with E-state index >= 15 is 0 Å². The number of rotatable bonds is 6. The first-order valence-electron chi connectivity index (χ1n) is 9.32. The summed E-state index contributed by atoms with van der Waals surface area (Å²) in [7, 11) is 0. The SMILES string of the molecule is Cc1sc2ncnc(N3CCC(C(=O)NCC(C)CC(=O)O)CC3)c2c1C. The van der Waals surface area contributed by atoms with Gasteiger partial charge >= 0.3 is 5.97 Å². The van der Waals surface area contributed by atoms with Gasteiger partial charge in [0, 0.05) is 36.9 Å². The van der Waals surface area contributed by atoms with E-state index in [9.17, 15) is 9.59 Å². The second kappa shape index (κ2) is 8.21. The summed E-state index contributed by atoms with van der Waals surface area (Å²) in [6, 6.07) is 0. The third kappa shape index (κ3) is 4.37. The summed E-state index contributed by atoms with van der Waals surface area (Å²) in [6.07, 6.45) is 3.23. The zero-order valence-electron chi connectivity index (χ0n) is 16.0. The summed E-state index contributed by atoms with van der Waals surface area (Å²) in [4.78, 5) is 36.6. The summed E-state index contributed by atoms with van der Waals surface area (Å²) in [5.41, 5.74) is 1.23. The molecule has 8 heteroatoms. The van der Waals surface area contributed by atoms with E-state index in [1.165, 1.54) is 10.4 Å². The number of carboxylic acid groups (broad SMARTS) is 1. The number of thiophene rings is 1. The fourth-order valence-electron chi connectivity index (χ4n) is 3.55. The van der Waals surface area contributed by atoms with Crippen molar-refractivity contribution in [1.29, 1.82) is 0 Å². The molecule has 1 aliphatic rings. The fraction of sp³-hybridized carbons (Fsp3) is 0.579. The lowest BCUT2D eigenvalue weighted by Gasteiger charge is -2.32. The Morgan fingerprint density at radius 3 is 2.70 bits per heavy atom. The van der Waals surface area contributed by atoms with Gasteiger partial charge in [-0.15, -0.1) is 11.3 Å². The number of aryl methyl sites for hydroxylation is 2. The second-order valence-electron chi connectivity index (χ2n) is 7.37. The highest BCUT2D eigenvalue weighted by Crippen LogP contribution is 2.35. The molecule has 0 saturated carbocycles. The first-order valence-corrected chi connectivity index (χ1v) is 10.1. The number of carbonyl (C=O) groups is 2. The van der Waals surface area contributed by atoms with Crippen LogP contribution in [-0.4, -0.2) is 46.6 Å². The topological polar surface area (TPSA) is 95.4 Å². The van der Waals surface area contributed by atoms with Crippen LogP contribution in [0.5, 0.6) is 0 Å². The van der Waals surface area contributed by atoms with Crippen LogP contribution in [-0.2, 0) is 9.59 Å². The van der Waals surface area contributed by atoms with Crippen LogP contribution >= 0.6 is 11.3 Å².